The molecule has 5 rings (SSSR count). The third-order valence-corrected chi connectivity index (χ3v) is 5.24. The van der Waals surface area contributed by atoms with Crippen molar-refractivity contribution in [2.75, 3.05) is 18.0 Å². The van der Waals surface area contributed by atoms with Crippen molar-refractivity contribution in [3.8, 4) is 0 Å². The second kappa shape index (κ2) is 5.40. The molecule has 1 N–H and O–H groups in total. The molecule has 0 amide bonds. The number of nitrogens with one attached hydrogen (secondary N) is 1. The summed E-state index contributed by atoms with van der Waals surface area (Å²) in [6.07, 6.45) is 4.72. The van der Waals surface area contributed by atoms with Gasteiger partial charge in [-0.1, -0.05) is 0 Å². The molecule has 7 heteroatoms. The number of H-pyrrole nitrogens is 1. The summed E-state index contributed by atoms with van der Waals surface area (Å²) in [5, 5.41) is 4.58. The lowest BCUT2D eigenvalue weighted by molar-refractivity contribution is 0.332. The van der Waals surface area contributed by atoms with Gasteiger partial charge >= 0.3 is 0 Å². The minimum atomic E-state index is 0.0310. The average Bonchev–Trinajstić information content (AvgIpc) is 3.15. The minimum absolute atomic E-state index is 0.0310. The van der Waals surface area contributed by atoms with Gasteiger partial charge in [0.1, 0.15) is 11.8 Å². The number of hydrogen-bond donors (Lipinski definition) is 1. The molecule has 1 aliphatic carbocycles. The Morgan fingerprint density at radius 2 is 2.12 bits per heavy atom. The van der Waals surface area contributed by atoms with Crippen molar-refractivity contribution in [2.24, 2.45) is 5.92 Å². The predicted molar refractivity (Wildman–Crippen MR) is 94.9 cm³/mol. The van der Waals surface area contributed by atoms with Gasteiger partial charge in [0.25, 0.3) is 5.56 Å². The molecule has 0 bridgehead atoms. The van der Waals surface area contributed by atoms with E-state index in [0.29, 0.717) is 12.5 Å². The van der Waals surface area contributed by atoms with Crippen LogP contribution in [0.2, 0.25) is 0 Å². The zero-order valence-corrected chi connectivity index (χ0v) is 14.2. The van der Waals surface area contributed by atoms with Gasteiger partial charge < -0.3 is 9.88 Å². The molecule has 0 unspecified atom stereocenters. The Morgan fingerprint density at radius 1 is 1.24 bits per heavy atom. The van der Waals surface area contributed by atoms with Crippen LogP contribution < -0.4 is 10.5 Å². The first-order valence-corrected chi connectivity index (χ1v) is 8.82. The maximum absolute atomic E-state index is 12.2. The highest BCUT2D eigenvalue weighted by Gasteiger charge is 2.30. The van der Waals surface area contributed by atoms with Gasteiger partial charge in [0.05, 0.1) is 17.8 Å². The van der Waals surface area contributed by atoms with Crippen molar-refractivity contribution in [3.05, 3.63) is 45.8 Å². The molecule has 1 fully saturated rings. The Morgan fingerprint density at radius 3 is 3.00 bits per heavy atom. The van der Waals surface area contributed by atoms with Crippen LogP contribution in [0.25, 0.3) is 11.0 Å². The van der Waals surface area contributed by atoms with E-state index in [1.165, 1.54) is 0 Å². The van der Waals surface area contributed by atoms with Gasteiger partial charge in [-0.15, -0.1) is 0 Å². The molecule has 0 spiro atoms. The molecule has 2 aliphatic rings. The minimum Gasteiger partial charge on any atom is -0.354 e. The second-order valence-corrected chi connectivity index (χ2v) is 7.17. The largest absolute Gasteiger partial charge is 0.354 e. The highest BCUT2D eigenvalue weighted by Crippen LogP contribution is 2.29. The summed E-state index contributed by atoms with van der Waals surface area (Å²) >= 11 is 0. The van der Waals surface area contributed by atoms with Gasteiger partial charge in [0, 0.05) is 30.8 Å². The van der Waals surface area contributed by atoms with Gasteiger partial charge in [-0.05, 0) is 37.8 Å². The van der Waals surface area contributed by atoms with E-state index in [2.05, 4.69) is 25.0 Å². The topological polar surface area (TPSA) is 79.7 Å². The summed E-state index contributed by atoms with van der Waals surface area (Å²) in [4.78, 5) is 26.6. The standard InChI is InChI=1S/C18H20N6O/c1-11-5-15-17(21-11)18(20-10-19-15)23-7-12(8-23)9-24-16(25)6-13-3-2-4-14(13)22-24/h5-6,10,12,21H,2-4,7-9H2,1H3. The fourth-order valence-corrected chi connectivity index (χ4v) is 3.97. The Labute approximate surface area is 144 Å². The van der Waals surface area contributed by atoms with E-state index in [1.54, 1.807) is 17.1 Å². The van der Waals surface area contributed by atoms with Gasteiger partial charge in [-0.2, -0.15) is 5.10 Å². The lowest BCUT2D eigenvalue weighted by Crippen LogP contribution is -2.50. The zero-order valence-electron chi connectivity index (χ0n) is 14.2. The van der Waals surface area contributed by atoms with E-state index < -0.39 is 0 Å². The molecule has 1 saturated heterocycles. The predicted octanol–water partition coefficient (Wildman–Crippen LogP) is 1.45. The quantitative estimate of drug-likeness (QED) is 0.783. The molecular weight excluding hydrogens is 316 g/mol. The molecule has 0 atom stereocenters. The fraction of sp³-hybridized carbons (Fsp3) is 0.444. The van der Waals surface area contributed by atoms with Crippen molar-refractivity contribution in [1.82, 2.24) is 24.7 Å². The Bertz CT molecular complexity index is 1010. The smallest absolute Gasteiger partial charge is 0.267 e. The molecule has 128 valence electrons. The average molecular weight is 336 g/mol. The lowest BCUT2D eigenvalue weighted by Gasteiger charge is -2.40. The SMILES string of the molecule is Cc1cc2ncnc(N3CC(Cn4nc5c(cc4=O)CCC5)C3)c2[nH]1. The van der Waals surface area contributed by atoms with Gasteiger partial charge in [-0.25, -0.2) is 14.6 Å². The van der Waals surface area contributed by atoms with Crippen LogP contribution in [0.1, 0.15) is 23.4 Å². The summed E-state index contributed by atoms with van der Waals surface area (Å²) in [6.45, 7) is 4.47. The maximum atomic E-state index is 12.2. The number of hydrogen-bond acceptors (Lipinski definition) is 5. The van der Waals surface area contributed by atoms with Crippen LogP contribution in [-0.4, -0.2) is 37.8 Å². The van der Waals surface area contributed by atoms with Crippen LogP contribution in [0.3, 0.4) is 0 Å². The number of aromatic amines is 1. The number of fused-ring (bicyclic) bond motifs is 2. The van der Waals surface area contributed by atoms with Crippen LogP contribution in [0.5, 0.6) is 0 Å². The number of nitrogens with zero attached hydrogens (tertiary/aromatic N) is 5. The third-order valence-electron chi connectivity index (χ3n) is 5.24. The first kappa shape index (κ1) is 14.6. The van der Waals surface area contributed by atoms with E-state index in [1.807, 2.05) is 13.0 Å². The molecule has 3 aromatic rings. The van der Waals surface area contributed by atoms with Crippen LogP contribution in [-0.2, 0) is 19.4 Å². The number of aryl methyl sites for hydroxylation is 3. The third kappa shape index (κ3) is 2.42. The normalized spacial score (nSPS) is 17.1. The van der Waals surface area contributed by atoms with Crippen LogP contribution in [0.4, 0.5) is 5.82 Å². The number of aromatic nitrogens is 5. The van der Waals surface area contributed by atoms with Crippen molar-refractivity contribution in [3.63, 3.8) is 0 Å². The summed E-state index contributed by atoms with van der Waals surface area (Å²) in [5.74, 6) is 1.37. The second-order valence-electron chi connectivity index (χ2n) is 7.17. The lowest BCUT2D eigenvalue weighted by atomic mass is 10.00. The van der Waals surface area contributed by atoms with Gasteiger partial charge in [0.2, 0.25) is 0 Å². The molecule has 0 aromatic carbocycles. The molecule has 0 saturated carbocycles. The van der Waals surface area contributed by atoms with E-state index in [0.717, 1.165) is 66.2 Å². The molecule has 7 nitrogen and oxygen atoms in total. The van der Waals surface area contributed by atoms with Crippen molar-refractivity contribution in [1.29, 1.82) is 0 Å². The molecule has 4 heterocycles. The Hall–Kier alpha value is -2.70. The van der Waals surface area contributed by atoms with Crippen LogP contribution >= 0.6 is 0 Å². The fourth-order valence-electron chi connectivity index (χ4n) is 3.97. The first-order valence-electron chi connectivity index (χ1n) is 8.82. The zero-order chi connectivity index (χ0) is 17.0. The van der Waals surface area contributed by atoms with Gasteiger partial charge in [-0.3, -0.25) is 4.79 Å². The molecular formula is C18H20N6O. The summed E-state index contributed by atoms with van der Waals surface area (Å²) < 4.78 is 1.65. The van der Waals surface area contributed by atoms with Crippen LogP contribution in [0, 0.1) is 12.8 Å². The van der Waals surface area contributed by atoms with Gasteiger partial charge in [0.15, 0.2) is 5.82 Å². The summed E-state index contributed by atoms with van der Waals surface area (Å²) in [7, 11) is 0. The van der Waals surface area contributed by atoms with Crippen molar-refractivity contribution < 1.29 is 0 Å². The summed E-state index contributed by atoms with van der Waals surface area (Å²) in [6, 6.07) is 3.81. The van der Waals surface area contributed by atoms with Crippen LogP contribution in [0.15, 0.2) is 23.3 Å². The maximum Gasteiger partial charge on any atom is 0.267 e. The summed E-state index contributed by atoms with van der Waals surface area (Å²) in [5.41, 5.74) is 5.30. The highest BCUT2D eigenvalue weighted by atomic mass is 16.1. The van der Waals surface area contributed by atoms with Crippen molar-refractivity contribution >= 4 is 16.9 Å². The Kier molecular flexibility index (Phi) is 3.16. The monoisotopic (exact) mass is 336 g/mol. The molecule has 25 heavy (non-hydrogen) atoms. The molecule has 0 radical (unpaired) electrons. The van der Waals surface area contributed by atoms with E-state index in [9.17, 15) is 4.79 Å². The number of anilines is 1. The number of rotatable bonds is 3. The van der Waals surface area contributed by atoms with E-state index in [-0.39, 0.29) is 5.56 Å². The highest BCUT2D eigenvalue weighted by molar-refractivity contribution is 5.87. The van der Waals surface area contributed by atoms with Crippen molar-refractivity contribution in [2.45, 2.75) is 32.7 Å². The van der Waals surface area contributed by atoms with E-state index in [4.69, 9.17) is 0 Å². The molecule has 3 aromatic heterocycles. The Balaban J connectivity index is 1.33. The first-order chi connectivity index (χ1) is 12.2. The molecule has 1 aliphatic heterocycles. The van der Waals surface area contributed by atoms with E-state index >= 15 is 0 Å².